The van der Waals surface area contributed by atoms with Crippen LogP contribution in [0, 0.1) is 6.92 Å². The minimum Gasteiger partial charge on any atom is -0.471 e. The molecule has 72 valence electrons. The van der Waals surface area contributed by atoms with Crippen molar-refractivity contribution < 1.29 is 9.53 Å². The molecule has 1 aromatic rings. The second-order valence-electron chi connectivity index (χ2n) is 2.52. The van der Waals surface area contributed by atoms with Crippen LogP contribution in [-0.4, -0.2) is 13.6 Å². The van der Waals surface area contributed by atoms with Crippen LogP contribution in [0.15, 0.2) is 24.3 Å². The molecule has 3 heteroatoms. The van der Waals surface area contributed by atoms with Gasteiger partial charge in [0, 0.05) is 6.54 Å². The molecule has 0 saturated carbocycles. The number of hydrogen-bond acceptors (Lipinski definition) is 3. The standard InChI is InChI=1S/C8H11N.C2H4O2/c1-7-2-4-8(6-9)5-3-7;1-4-2-3/h2-5H,6,9H2,1H3;2H,1H3. The average molecular weight is 181 g/mol. The Bertz CT molecular complexity index is 231. The molecular weight excluding hydrogens is 166 g/mol. The first-order valence-electron chi connectivity index (χ1n) is 3.96. The lowest BCUT2D eigenvalue weighted by atomic mass is 10.2. The zero-order valence-corrected chi connectivity index (χ0v) is 7.99. The molecule has 0 unspecified atom stereocenters. The maximum Gasteiger partial charge on any atom is 0.292 e. The van der Waals surface area contributed by atoms with Crippen LogP contribution in [0.2, 0.25) is 0 Å². The number of methoxy groups -OCH3 is 1. The van der Waals surface area contributed by atoms with Gasteiger partial charge in [-0.25, -0.2) is 0 Å². The maximum absolute atomic E-state index is 8.95. The summed E-state index contributed by atoms with van der Waals surface area (Å²) in [5, 5.41) is 0. The fourth-order valence-corrected chi connectivity index (χ4v) is 0.724. The van der Waals surface area contributed by atoms with Gasteiger partial charge in [0.05, 0.1) is 7.11 Å². The van der Waals surface area contributed by atoms with Crippen molar-refractivity contribution in [2.75, 3.05) is 7.11 Å². The Kier molecular flexibility index (Phi) is 6.55. The van der Waals surface area contributed by atoms with Crippen molar-refractivity contribution in [3.05, 3.63) is 35.4 Å². The fourth-order valence-electron chi connectivity index (χ4n) is 0.724. The molecule has 0 saturated heterocycles. The van der Waals surface area contributed by atoms with Gasteiger partial charge in [-0.2, -0.15) is 0 Å². The zero-order chi connectivity index (χ0) is 10.1. The van der Waals surface area contributed by atoms with Crippen molar-refractivity contribution in [2.24, 2.45) is 5.73 Å². The smallest absolute Gasteiger partial charge is 0.292 e. The van der Waals surface area contributed by atoms with Gasteiger partial charge in [-0.05, 0) is 12.5 Å². The van der Waals surface area contributed by atoms with Crippen molar-refractivity contribution in [3.63, 3.8) is 0 Å². The largest absolute Gasteiger partial charge is 0.471 e. The number of carbonyl (C=O) groups is 1. The molecule has 0 aliphatic heterocycles. The van der Waals surface area contributed by atoms with Crippen LogP contribution in [0.4, 0.5) is 0 Å². The SMILES string of the molecule is COC=O.Cc1ccc(CN)cc1. The summed E-state index contributed by atoms with van der Waals surface area (Å²) in [6.07, 6.45) is 0. The first-order valence-corrected chi connectivity index (χ1v) is 3.96. The molecule has 0 aliphatic rings. The summed E-state index contributed by atoms with van der Waals surface area (Å²) in [5.74, 6) is 0. The molecule has 0 aromatic heterocycles. The molecular formula is C10H15NO2. The van der Waals surface area contributed by atoms with E-state index in [1.807, 2.05) is 0 Å². The average Bonchev–Trinajstić information content (AvgIpc) is 2.19. The molecule has 1 rings (SSSR count). The molecule has 1 aromatic carbocycles. The van der Waals surface area contributed by atoms with Crippen LogP contribution in [0.3, 0.4) is 0 Å². The van der Waals surface area contributed by atoms with E-state index < -0.39 is 0 Å². The highest BCUT2D eigenvalue weighted by molar-refractivity contribution is 5.36. The van der Waals surface area contributed by atoms with Gasteiger partial charge in [0.2, 0.25) is 0 Å². The summed E-state index contributed by atoms with van der Waals surface area (Å²) in [4.78, 5) is 8.95. The van der Waals surface area contributed by atoms with Crippen LogP contribution < -0.4 is 5.73 Å². The third-order valence-corrected chi connectivity index (χ3v) is 1.45. The number of carbonyl (C=O) groups excluding carboxylic acids is 1. The van der Waals surface area contributed by atoms with Gasteiger partial charge in [-0.3, -0.25) is 4.79 Å². The van der Waals surface area contributed by atoms with E-state index in [0.29, 0.717) is 13.0 Å². The number of aryl methyl sites for hydroxylation is 1. The molecule has 3 nitrogen and oxygen atoms in total. The van der Waals surface area contributed by atoms with Crippen LogP contribution in [0.1, 0.15) is 11.1 Å². The Morgan fingerprint density at radius 1 is 1.38 bits per heavy atom. The highest BCUT2D eigenvalue weighted by atomic mass is 16.5. The predicted octanol–water partition coefficient (Wildman–Crippen LogP) is 1.24. The summed E-state index contributed by atoms with van der Waals surface area (Å²) >= 11 is 0. The molecule has 2 N–H and O–H groups in total. The molecule has 0 bridgehead atoms. The lowest BCUT2D eigenvalue weighted by molar-refractivity contribution is -0.126. The van der Waals surface area contributed by atoms with Gasteiger partial charge in [0.1, 0.15) is 0 Å². The van der Waals surface area contributed by atoms with Gasteiger partial charge in [0.25, 0.3) is 6.47 Å². The normalized spacial score (nSPS) is 8.23. The van der Waals surface area contributed by atoms with Gasteiger partial charge in [-0.1, -0.05) is 29.8 Å². The van der Waals surface area contributed by atoms with Crippen LogP contribution in [0.5, 0.6) is 0 Å². The van der Waals surface area contributed by atoms with E-state index in [4.69, 9.17) is 10.5 Å². The van der Waals surface area contributed by atoms with Crippen LogP contribution in [-0.2, 0) is 16.1 Å². The Balaban J connectivity index is 0.000000310. The van der Waals surface area contributed by atoms with Crippen LogP contribution in [0.25, 0.3) is 0 Å². The second-order valence-corrected chi connectivity index (χ2v) is 2.52. The molecule has 13 heavy (non-hydrogen) atoms. The summed E-state index contributed by atoms with van der Waals surface area (Å²) in [7, 11) is 1.31. The van der Waals surface area contributed by atoms with E-state index >= 15 is 0 Å². The monoisotopic (exact) mass is 181 g/mol. The summed E-state index contributed by atoms with van der Waals surface area (Å²) < 4.78 is 3.86. The third-order valence-electron chi connectivity index (χ3n) is 1.45. The molecule has 0 amide bonds. The lowest BCUT2D eigenvalue weighted by Crippen LogP contribution is -1.94. The summed E-state index contributed by atoms with van der Waals surface area (Å²) in [5.41, 5.74) is 7.88. The topological polar surface area (TPSA) is 52.3 Å². The Labute approximate surface area is 78.5 Å². The Hall–Kier alpha value is -1.35. The van der Waals surface area contributed by atoms with Crippen molar-refractivity contribution in [1.82, 2.24) is 0 Å². The van der Waals surface area contributed by atoms with E-state index in [-0.39, 0.29) is 0 Å². The first kappa shape index (κ1) is 11.6. The number of hydrogen-bond donors (Lipinski definition) is 1. The predicted molar refractivity (Wildman–Crippen MR) is 52.1 cm³/mol. The highest BCUT2D eigenvalue weighted by Gasteiger charge is 1.84. The number of rotatable bonds is 2. The minimum absolute atomic E-state index is 0.375. The quantitative estimate of drug-likeness (QED) is 0.698. The zero-order valence-electron chi connectivity index (χ0n) is 7.99. The number of nitrogens with two attached hydrogens (primary N) is 1. The Morgan fingerprint density at radius 2 is 1.85 bits per heavy atom. The summed E-state index contributed by atoms with van der Waals surface area (Å²) in [6.45, 7) is 3.08. The van der Waals surface area contributed by atoms with E-state index in [2.05, 4.69) is 35.9 Å². The van der Waals surface area contributed by atoms with Crippen molar-refractivity contribution in [1.29, 1.82) is 0 Å². The van der Waals surface area contributed by atoms with Crippen molar-refractivity contribution >= 4 is 6.47 Å². The van der Waals surface area contributed by atoms with Gasteiger partial charge in [-0.15, -0.1) is 0 Å². The number of ether oxygens (including phenoxy) is 1. The van der Waals surface area contributed by atoms with Gasteiger partial charge < -0.3 is 10.5 Å². The van der Waals surface area contributed by atoms with E-state index in [0.717, 1.165) is 0 Å². The molecule has 0 aliphatic carbocycles. The van der Waals surface area contributed by atoms with E-state index in [1.54, 1.807) is 0 Å². The summed E-state index contributed by atoms with van der Waals surface area (Å²) in [6, 6.07) is 8.25. The van der Waals surface area contributed by atoms with Gasteiger partial charge in [0.15, 0.2) is 0 Å². The maximum atomic E-state index is 8.95. The van der Waals surface area contributed by atoms with E-state index in [1.165, 1.54) is 18.2 Å². The van der Waals surface area contributed by atoms with Crippen molar-refractivity contribution in [2.45, 2.75) is 13.5 Å². The highest BCUT2D eigenvalue weighted by Crippen LogP contribution is 2.00. The van der Waals surface area contributed by atoms with Gasteiger partial charge >= 0.3 is 0 Å². The van der Waals surface area contributed by atoms with Crippen molar-refractivity contribution in [3.8, 4) is 0 Å². The first-order chi connectivity index (χ1) is 6.24. The van der Waals surface area contributed by atoms with Crippen LogP contribution >= 0.6 is 0 Å². The molecule has 0 radical (unpaired) electrons. The molecule has 0 atom stereocenters. The number of benzene rings is 1. The van der Waals surface area contributed by atoms with E-state index in [9.17, 15) is 0 Å². The fraction of sp³-hybridized carbons (Fsp3) is 0.300. The lowest BCUT2D eigenvalue weighted by Gasteiger charge is -1.94. The molecule has 0 spiro atoms. The molecule has 0 heterocycles. The Morgan fingerprint density at radius 3 is 2.15 bits per heavy atom. The minimum atomic E-state index is 0.375. The molecule has 0 fully saturated rings. The third kappa shape index (κ3) is 5.87. The second kappa shape index (κ2) is 7.31.